The van der Waals surface area contributed by atoms with Gasteiger partial charge in [-0.1, -0.05) is 33.1 Å². The van der Waals surface area contributed by atoms with E-state index in [2.05, 4.69) is 18.7 Å². The number of carbonyl (C=O) groups is 1. The third-order valence-corrected chi connectivity index (χ3v) is 4.24. The summed E-state index contributed by atoms with van der Waals surface area (Å²) in [7, 11) is 0. The number of rotatable bonds is 7. The molecule has 1 aliphatic carbocycles. The summed E-state index contributed by atoms with van der Waals surface area (Å²) >= 11 is 5.81. The molecule has 1 N–H and O–H groups in total. The van der Waals surface area contributed by atoms with E-state index in [4.69, 9.17) is 16.5 Å². The molecule has 0 saturated heterocycles. The van der Waals surface area contributed by atoms with Crippen molar-refractivity contribution in [3.05, 3.63) is 0 Å². The summed E-state index contributed by atoms with van der Waals surface area (Å²) in [5, 5.41) is 0. The topological polar surface area (TPSA) is 38.3 Å². The molecule has 0 aromatic rings. The van der Waals surface area contributed by atoms with Gasteiger partial charge in [-0.3, -0.25) is 4.79 Å². The molecule has 0 unspecified atom stereocenters. The minimum Gasteiger partial charge on any atom is -0.465 e. The SMILES string of the molecule is CCCCOC(=O)[C@H](CC)[C@H]1CCCC[C@H]1NCl. The van der Waals surface area contributed by atoms with E-state index < -0.39 is 0 Å². The summed E-state index contributed by atoms with van der Waals surface area (Å²) in [6.07, 6.45) is 7.37. The van der Waals surface area contributed by atoms with Gasteiger partial charge >= 0.3 is 5.97 Å². The van der Waals surface area contributed by atoms with Gasteiger partial charge in [0.05, 0.1) is 12.5 Å². The van der Waals surface area contributed by atoms with E-state index in [-0.39, 0.29) is 17.9 Å². The predicted octanol–water partition coefficient (Wildman–Crippen LogP) is 3.66. The molecule has 0 aliphatic heterocycles. The van der Waals surface area contributed by atoms with Crippen LogP contribution in [0.3, 0.4) is 0 Å². The number of nitrogens with one attached hydrogen (secondary N) is 1. The minimum absolute atomic E-state index is 0.00148. The lowest BCUT2D eigenvalue weighted by Crippen LogP contribution is -2.41. The quantitative estimate of drug-likeness (QED) is 0.438. The standard InChI is InChI=1S/C14H26ClNO2/c1-3-5-10-18-14(17)11(4-2)12-8-6-7-9-13(12)16-15/h11-13,16H,3-10H2,1-2H3/t11-,12-,13-/m1/s1. The van der Waals surface area contributed by atoms with Crippen molar-refractivity contribution >= 4 is 17.7 Å². The number of unbranched alkanes of at least 4 members (excludes halogenated alkanes) is 1. The highest BCUT2D eigenvalue weighted by molar-refractivity contribution is 6.13. The van der Waals surface area contributed by atoms with Gasteiger partial charge in [0.25, 0.3) is 0 Å². The van der Waals surface area contributed by atoms with Crippen molar-refractivity contribution in [1.82, 2.24) is 4.84 Å². The van der Waals surface area contributed by atoms with Crippen LogP contribution < -0.4 is 4.84 Å². The molecule has 0 heterocycles. The van der Waals surface area contributed by atoms with Gasteiger partial charge in [0.1, 0.15) is 0 Å². The molecule has 0 spiro atoms. The lowest BCUT2D eigenvalue weighted by molar-refractivity contribution is -0.151. The lowest BCUT2D eigenvalue weighted by Gasteiger charge is -2.34. The van der Waals surface area contributed by atoms with Crippen LogP contribution in [0, 0.1) is 11.8 Å². The second-order valence-electron chi connectivity index (χ2n) is 5.20. The highest BCUT2D eigenvalue weighted by atomic mass is 35.5. The molecule has 0 radical (unpaired) electrons. The van der Waals surface area contributed by atoms with Crippen molar-refractivity contribution in [3.8, 4) is 0 Å². The van der Waals surface area contributed by atoms with E-state index in [0.717, 1.165) is 32.1 Å². The number of esters is 1. The predicted molar refractivity (Wildman–Crippen MR) is 74.4 cm³/mol. The molecule has 1 fully saturated rings. The zero-order valence-electron chi connectivity index (χ0n) is 11.6. The van der Waals surface area contributed by atoms with Crippen LogP contribution in [0.15, 0.2) is 0 Å². The molecule has 4 heteroatoms. The number of hydrogen-bond donors (Lipinski definition) is 1. The maximum atomic E-state index is 12.1. The van der Waals surface area contributed by atoms with Crippen molar-refractivity contribution in [1.29, 1.82) is 0 Å². The summed E-state index contributed by atoms with van der Waals surface area (Å²) < 4.78 is 5.37. The number of halogens is 1. The molecule has 0 amide bonds. The Morgan fingerprint density at radius 2 is 2.11 bits per heavy atom. The van der Waals surface area contributed by atoms with Gasteiger partial charge in [-0.15, -0.1) is 0 Å². The van der Waals surface area contributed by atoms with E-state index in [1.165, 1.54) is 12.8 Å². The fourth-order valence-electron chi connectivity index (χ4n) is 2.84. The Kier molecular flexibility index (Phi) is 7.68. The average Bonchev–Trinajstić information content (AvgIpc) is 2.40. The fraction of sp³-hybridized carbons (Fsp3) is 0.929. The first-order chi connectivity index (χ1) is 8.74. The number of hydrogen-bond acceptors (Lipinski definition) is 3. The first-order valence-corrected chi connectivity index (χ1v) is 7.65. The summed E-state index contributed by atoms with van der Waals surface area (Å²) in [5.41, 5.74) is 0. The van der Waals surface area contributed by atoms with Crippen molar-refractivity contribution in [2.45, 2.75) is 64.8 Å². The van der Waals surface area contributed by atoms with Crippen LogP contribution in [0.5, 0.6) is 0 Å². The molecule has 0 bridgehead atoms. The molecule has 3 nitrogen and oxygen atoms in total. The van der Waals surface area contributed by atoms with Crippen LogP contribution in [0.1, 0.15) is 58.8 Å². The van der Waals surface area contributed by atoms with Crippen molar-refractivity contribution in [3.63, 3.8) is 0 Å². The summed E-state index contributed by atoms with van der Waals surface area (Å²) in [6, 6.07) is 0.254. The Balaban J connectivity index is 2.54. The molecule has 3 atom stereocenters. The molecular formula is C14H26ClNO2. The Hall–Kier alpha value is -0.280. The Labute approximate surface area is 116 Å². The Bertz CT molecular complexity index is 248. The largest absolute Gasteiger partial charge is 0.465 e. The average molecular weight is 276 g/mol. The second-order valence-corrected chi connectivity index (χ2v) is 5.42. The van der Waals surface area contributed by atoms with E-state index in [9.17, 15) is 4.79 Å². The van der Waals surface area contributed by atoms with E-state index in [0.29, 0.717) is 12.5 Å². The van der Waals surface area contributed by atoms with E-state index >= 15 is 0 Å². The molecule has 0 aromatic carbocycles. The van der Waals surface area contributed by atoms with Crippen LogP contribution in [0.4, 0.5) is 0 Å². The Morgan fingerprint density at radius 1 is 1.39 bits per heavy atom. The lowest BCUT2D eigenvalue weighted by atomic mass is 9.76. The van der Waals surface area contributed by atoms with Gasteiger partial charge < -0.3 is 4.74 Å². The molecule has 1 aliphatic rings. The van der Waals surface area contributed by atoms with Crippen molar-refractivity contribution < 1.29 is 9.53 Å². The zero-order chi connectivity index (χ0) is 13.4. The third kappa shape index (κ3) is 4.43. The van der Waals surface area contributed by atoms with Gasteiger partial charge in [-0.2, -0.15) is 0 Å². The summed E-state index contributed by atoms with van der Waals surface area (Å²) in [4.78, 5) is 15.0. The maximum Gasteiger partial charge on any atom is 0.309 e. The zero-order valence-corrected chi connectivity index (χ0v) is 12.3. The molecule has 18 heavy (non-hydrogen) atoms. The van der Waals surface area contributed by atoms with E-state index in [1.54, 1.807) is 0 Å². The minimum atomic E-state index is -0.0326. The normalized spacial score (nSPS) is 25.7. The molecule has 1 saturated carbocycles. The van der Waals surface area contributed by atoms with Gasteiger partial charge in [0, 0.05) is 6.04 Å². The van der Waals surface area contributed by atoms with E-state index in [1.807, 2.05) is 0 Å². The smallest absolute Gasteiger partial charge is 0.309 e. The molecule has 0 aromatic heterocycles. The highest BCUT2D eigenvalue weighted by Gasteiger charge is 2.35. The van der Waals surface area contributed by atoms with Crippen LogP contribution in [-0.4, -0.2) is 18.6 Å². The second kappa shape index (κ2) is 8.76. The van der Waals surface area contributed by atoms with Gasteiger partial charge in [0.2, 0.25) is 0 Å². The van der Waals surface area contributed by atoms with Gasteiger partial charge in [-0.05, 0) is 43.4 Å². The molecule has 106 valence electrons. The van der Waals surface area contributed by atoms with Gasteiger partial charge in [0.15, 0.2) is 0 Å². The van der Waals surface area contributed by atoms with Crippen molar-refractivity contribution in [2.75, 3.05) is 6.61 Å². The highest BCUT2D eigenvalue weighted by Crippen LogP contribution is 2.33. The summed E-state index contributed by atoms with van der Waals surface area (Å²) in [5.74, 6) is 0.295. The molecule has 1 rings (SSSR count). The first kappa shape index (κ1) is 15.8. The van der Waals surface area contributed by atoms with Gasteiger partial charge in [-0.25, -0.2) is 4.84 Å². The van der Waals surface area contributed by atoms with Crippen LogP contribution in [0.25, 0.3) is 0 Å². The third-order valence-electron chi connectivity index (χ3n) is 3.96. The van der Waals surface area contributed by atoms with Crippen LogP contribution >= 0.6 is 11.8 Å². The maximum absolute atomic E-state index is 12.1. The number of ether oxygens (including phenoxy) is 1. The number of carbonyl (C=O) groups excluding carboxylic acids is 1. The summed E-state index contributed by atoms with van der Waals surface area (Å²) in [6.45, 7) is 4.71. The fourth-order valence-corrected chi connectivity index (χ4v) is 3.12. The van der Waals surface area contributed by atoms with Crippen LogP contribution in [-0.2, 0) is 9.53 Å². The monoisotopic (exact) mass is 275 g/mol. The molecular weight excluding hydrogens is 250 g/mol. The first-order valence-electron chi connectivity index (χ1n) is 7.27. The Morgan fingerprint density at radius 3 is 2.72 bits per heavy atom. The van der Waals surface area contributed by atoms with Crippen molar-refractivity contribution in [2.24, 2.45) is 11.8 Å². The van der Waals surface area contributed by atoms with Crippen LogP contribution in [0.2, 0.25) is 0 Å².